The van der Waals surface area contributed by atoms with Gasteiger partial charge in [0.15, 0.2) is 0 Å². The summed E-state index contributed by atoms with van der Waals surface area (Å²) >= 11 is 0. The Kier molecular flexibility index (Phi) is 5.55. The van der Waals surface area contributed by atoms with E-state index in [4.69, 9.17) is 0 Å². The van der Waals surface area contributed by atoms with Gasteiger partial charge in [-0.15, -0.1) is 0 Å². The SMILES string of the molecule is O=C(CN1C(=O)c2cccc3cccc1c23)N1CC[NH+](C(c2ccccc2)c2ccccc2)CC1. The average molecular weight is 463 g/mol. The number of nitrogens with zero attached hydrogens (tertiary/aromatic N) is 2. The van der Waals surface area contributed by atoms with Crippen LogP contribution in [0.2, 0.25) is 0 Å². The fourth-order valence-electron chi connectivity index (χ4n) is 5.66. The Hall–Kier alpha value is -3.96. The van der Waals surface area contributed by atoms with Gasteiger partial charge >= 0.3 is 0 Å². The molecule has 0 spiro atoms. The molecule has 4 aromatic carbocycles. The van der Waals surface area contributed by atoms with Crippen molar-refractivity contribution in [3.63, 3.8) is 0 Å². The number of amides is 2. The molecule has 1 N–H and O–H groups in total. The highest BCUT2D eigenvalue weighted by molar-refractivity contribution is 6.26. The van der Waals surface area contributed by atoms with Crippen molar-refractivity contribution >= 4 is 28.3 Å². The standard InChI is InChI=1S/C30H27N3O2/c34-27(21-33-26-16-8-14-22-13-7-15-25(28(22)26)30(33)35)31-17-19-32(20-18-31)29(23-9-3-1-4-10-23)24-11-5-2-6-12-24/h1-16,29H,17-21H2/p+1. The normalized spacial score (nSPS) is 15.9. The molecular weight excluding hydrogens is 434 g/mol. The van der Waals surface area contributed by atoms with Gasteiger partial charge in [0.2, 0.25) is 5.91 Å². The predicted molar refractivity (Wildman–Crippen MR) is 138 cm³/mol. The molecule has 0 radical (unpaired) electrons. The number of carbonyl (C=O) groups is 2. The molecule has 1 fully saturated rings. The maximum Gasteiger partial charge on any atom is 0.259 e. The summed E-state index contributed by atoms with van der Waals surface area (Å²) < 4.78 is 0. The first-order valence-corrected chi connectivity index (χ1v) is 12.3. The Morgan fingerprint density at radius 3 is 2.00 bits per heavy atom. The Morgan fingerprint density at radius 2 is 1.37 bits per heavy atom. The molecule has 6 rings (SSSR count). The molecule has 5 heteroatoms. The van der Waals surface area contributed by atoms with E-state index in [-0.39, 0.29) is 24.4 Å². The Labute approximate surface area is 205 Å². The molecule has 35 heavy (non-hydrogen) atoms. The number of hydrogen-bond donors (Lipinski definition) is 1. The number of rotatable bonds is 5. The summed E-state index contributed by atoms with van der Waals surface area (Å²) in [5.41, 5.74) is 4.12. The predicted octanol–water partition coefficient (Wildman–Crippen LogP) is 3.32. The van der Waals surface area contributed by atoms with Crippen LogP contribution in [0.25, 0.3) is 10.8 Å². The van der Waals surface area contributed by atoms with Gasteiger partial charge in [0.05, 0.1) is 31.9 Å². The molecule has 174 valence electrons. The molecule has 2 heterocycles. The first kappa shape index (κ1) is 21.6. The third kappa shape index (κ3) is 3.88. The van der Waals surface area contributed by atoms with E-state index in [9.17, 15) is 9.59 Å². The van der Waals surface area contributed by atoms with Crippen LogP contribution in [0.3, 0.4) is 0 Å². The lowest BCUT2D eigenvalue weighted by molar-refractivity contribution is -0.929. The Bertz CT molecular complexity index is 1330. The zero-order chi connectivity index (χ0) is 23.8. The van der Waals surface area contributed by atoms with Gasteiger partial charge in [0, 0.05) is 22.1 Å². The largest absolute Gasteiger partial charge is 0.330 e. The molecule has 0 aromatic heterocycles. The Balaban J connectivity index is 1.17. The number of benzene rings is 4. The van der Waals surface area contributed by atoms with E-state index in [0.717, 1.165) is 29.5 Å². The topological polar surface area (TPSA) is 45.1 Å². The first-order chi connectivity index (χ1) is 17.2. The molecule has 0 bridgehead atoms. The summed E-state index contributed by atoms with van der Waals surface area (Å²) in [6.45, 7) is 3.18. The van der Waals surface area contributed by atoms with Gasteiger partial charge in [-0.2, -0.15) is 0 Å². The van der Waals surface area contributed by atoms with E-state index in [1.807, 2.05) is 41.3 Å². The number of carbonyl (C=O) groups excluding carboxylic acids is 2. The highest BCUT2D eigenvalue weighted by Crippen LogP contribution is 2.37. The van der Waals surface area contributed by atoms with Crippen molar-refractivity contribution in [3.05, 3.63) is 114 Å². The van der Waals surface area contributed by atoms with Crippen LogP contribution in [0.1, 0.15) is 27.5 Å². The van der Waals surface area contributed by atoms with E-state index in [1.54, 1.807) is 4.90 Å². The van der Waals surface area contributed by atoms with Gasteiger partial charge in [-0.3, -0.25) is 14.5 Å². The number of nitrogens with one attached hydrogen (secondary N) is 1. The van der Waals surface area contributed by atoms with Crippen molar-refractivity contribution in [2.75, 3.05) is 37.6 Å². The molecule has 1 saturated heterocycles. The number of quaternary nitrogens is 1. The van der Waals surface area contributed by atoms with E-state index >= 15 is 0 Å². The fourth-order valence-corrected chi connectivity index (χ4v) is 5.66. The smallest absolute Gasteiger partial charge is 0.259 e. The van der Waals surface area contributed by atoms with Gasteiger partial charge in [-0.1, -0.05) is 84.9 Å². The average Bonchev–Trinajstić information content (AvgIpc) is 3.18. The second-order valence-electron chi connectivity index (χ2n) is 9.37. The lowest BCUT2D eigenvalue weighted by atomic mass is 9.96. The van der Waals surface area contributed by atoms with Gasteiger partial charge in [-0.25, -0.2) is 0 Å². The molecule has 2 aliphatic rings. The number of anilines is 1. The quantitative estimate of drug-likeness (QED) is 0.495. The molecule has 2 amide bonds. The van der Waals surface area contributed by atoms with Crippen molar-refractivity contribution in [2.24, 2.45) is 0 Å². The Morgan fingerprint density at radius 1 is 0.771 bits per heavy atom. The van der Waals surface area contributed by atoms with E-state index < -0.39 is 0 Å². The zero-order valence-electron chi connectivity index (χ0n) is 19.6. The zero-order valence-corrected chi connectivity index (χ0v) is 19.6. The maximum absolute atomic E-state index is 13.3. The van der Waals surface area contributed by atoms with Crippen LogP contribution < -0.4 is 9.80 Å². The molecule has 2 aliphatic heterocycles. The minimum absolute atomic E-state index is 0.0122. The highest BCUT2D eigenvalue weighted by atomic mass is 16.2. The van der Waals surface area contributed by atoms with Crippen LogP contribution in [-0.2, 0) is 4.79 Å². The summed E-state index contributed by atoms with van der Waals surface area (Å²) in [4.78, 5) is 31.4. The molecule has 0 aliphatic carbocycles. The van der Waals surface area contributed by atoms with Crippen LogP contribution in [-0.4, -0.2) is 49.4 Å². The van der Waals surface area contributed by atoms with E-state index in [1.165, 1.54) is 16.0 Å². The van der Waals surface area contributed by atoms with Gasteiger partial charge in [0.25, 0.3) is 5.91 Å². The number of hydrogen-bond acceptors (Lipinski definition) is 2. The highest BCUT2D eigenvalue weighted by Gasteiger charge is 2.35. The lowest BCUT2D eigenvalue weighted by Crippen LogP contribution is -3.15. The van der Waals surface area contributed by atoms with Crippen LogP contribution in [0.15, 0.2) is 97.1 Å². The second-order valence-corrected chi connectivity index (χ2v) is 9.37. The lowest BCUT2D eigenvalue weighted by Gasteiger charge is -2.37. The summed E-state index contributed by atoms with van der Waals surface area (Å²) in [6, 6.07) is 33.2. The molecule has 0 unspecified atom stereocenters. The molecular formula is C30H28N3O2+. The van der Waals surface area contributed by atoms with Crippen LogP contribution >= 0.6 is 0 Å². The van der Waals surface area contributed by atoms with Crippen molar-refractivity contribution in [2.45, 2.75) is 6.04 Å². The second kappa shape index (κ2) is 9.01. The fraction of sp³-hybridized carbons (Fsp3) is 0.200. The van der Waals surface area contributed by atoms with Crippen molar-refractivity contribution in [3.8, 4) is 0 Å². The van der Waals surface area contributed by atoms with Crippen molar-refractivity contribution in [1.29, 1.82) is 0 Å². The third-order valence-corrected chi connectivity index (χ3v) is 7.37. The van der Waals surface area contributed by atoms with Gasteiger partial charge < -0.3 is 9.80 Å². The molecule has 4 aromatic rings. The van der Waals surface area contributed by atoms with Crippen LogP contribution in [0.4, 0.5) is 5.69 Å². The first-order valence-electron chi connectivity index (χ1n) is 12.3. The molecule has 5 nitrogen and oxygen atoms in total. The molecule has 0 atom stereocenters. The summed E-state index contributed by atoms with van der Waals surface area (Å²) in [6.07, 6.45) is 0. The number of piperazine rings is 1. The minimum Gasteiger partial charge on any atom is -0.330 e. The van der Waals surface area contributed by atoms with Crippen molar-refractivity contribution in [1.82, 2.24) is 4.90 Å². The van der Waals surface area contributed by atoms with Crippen LogP contribution in [0, 0.1) is 0 Å². The van der Waals surface area contributed by atoms with E-state index in [2.05, 4.69) is 60.7 Å². The van der Waals surface area contributed by atoms with Gasteiger partial charge in [0.1, 0.15) is 12.6 Å². The monoisotopic (exact) mass is 462 g/mol. The maximum atomic E-state index is 13.3. The van der Waals surface area contributed by atoms with E-state index in [0.29, 0.717) is 18.7 Å². The van der Waals surface area contributed by atoms with Gasteiger partial charge in [-0.05, 0) is 17.5 Å². The van der Waals surface area contributed by atoms with Crippen LogP contribution in [0.5, 0.6) is 0 Å². The third-order valence-electron chi connectivity index (χ3n) is 7.37. The summed E-state index contributed by atoms with van der Waals surface area (Å²) in [5.74, 6) is -0.0687. The minimum atomic E-state index is -0.0809. The van der Waals surface area contributed by atoms with Crippen molar-refractivity contribution < 1.29 is 14.5 Å². The molecule has 0 saturated carbocycles. The summed E-state index contributed by atoms with van der Waals surface area (Å²) in [7, 11) is 0. The summed E-state index contributed by atoms with van der Waals surface area (Å²) in [5, 5.41) is 1.99.